The van der Waals surface area contributed by atoms with Gasteiger partial charge in [0.15, 0.2) is 18.1 Å². The van der Waals surface area contributed by atoms with Crippen LogP contribution in [0.3, 0.4) is 0 Å². The number of benzene rings is 2. The summed E-state index contributed by atoms with van der Waals surface area (Å²) in [6.45, 7) is 1.82. The van der Waals surface area contributed by atoms with Gasteiger partial charge in [-0.3, -0.25) is 9.69 Å². The van der Waals surface area contributed by atoms with Crippen LogP contribution in [-0.4, -0.2) is 47.1 Å². The second-order valence-electron chi connectivity index (χ2n) is 7.37. The van der Waals surface area contributed by atoms with Crippen LogP contribution in [0.4, 0.5) is 23.2 Å². The van der Waals surface area contributed by atoms with Gasteiger partial charge < -0.3 is 4.90 Å². The van der Waals surface area contributed by atoms with E-state index >= 15 is 0 Å². The molecule has 4 rings (SSSR count). The van der Waals surface area contributed by atoms with Crippen molar-refractivity contribution < 1.29 is 22.4 Å². The molecule has 1 unspecified atom stereocenters. The van der Waals surface area contributed by atoms with E-state index in [4.69, 9.17) is 11.6 Å². The van der Waals surface area contributed by atoms with Crippen LogP contribution in [0.2, 0.25) is 5.02 Å². The average Bonchev–Trinajstić information content (AvgIpc) is 3.13. The van der Waals surface area contributed by atoms with E-state index < -0.39 is 23.1 Å². The van der Waals surface area contributed by atoms with E-state index in [0.717, 1.165) is 10.4 Å². The number of aldehydes is 1. The zero-order valence-electron chi connectivity index (χ0n) is 16.8. The van der Waals surface area contributed by atoms with E-state index in [2.05, 4.69) is 5.10 Å². The molecular weight excluding hydrogens is 448 g/mol. The van der Waals surface area contributed by atoms with E-state index in [9.17, 15) is 22.4 Å². The summed E-state index contributed by atoms with van der Waals surface area (Å²) >= 11 is 6.13. The Morgan fingerprint density at radius 3 is 2.16 bits per heavy atom. The maximum Gasteiger partial charge on any atom is 0.436 e. The molecule has 1 atom stereocenters. The van der Waals surface area contributed by atoms with Crippen LogP contribution in [-0.2, 0) is 11.0 Å². The Bertz CT molecular complexity index is 1080. The molecule has 1 saturated heterocycles. The summed E-state index contributed by atoms with van der Waals surface area (Å²) in [6, 6.07) is 14.4. The summed E-state index contributed by atoms with van der Waals surface area (Å²) in [7, 11) is 0. The highest BCUT2D eigenvalue weighted by atomic mass is 35.5. The Morgan fingerprint density at radius 1 is 0.969 bits per heavy atom. The Kier molecular flexibility index (Phi) is 6.21. The number of hydrogen-bond donors (Lipinski definition) is 0. The van der Waals surface area contributed by atoms with Gasteiger partial charge in [-0.05, 0) is 24.3 Å². The topological polar surface area (TPSA) is 41.4 Å². The molecule has 168 valence electrons. The molecule has 0 spiro atoms. The number of nitrogens with zero attached hydrogens (tertiary/aromatic N) is 4. The molecule has 0 bridgehead atoms. The normalized spacial score (nSPS) is 16.2. The predicted octanol–water partition coefficient (Wildman–Crippen LogP) is 4.88. The van der Waals surface area contributed by atoms with Gasteiger partial charge in [0.05, 0.1) is 10.7 Å². The average molecular weight is 467 g/mol. The number of piperazine rings is 1. The number of halogens is 5. The highest BCUT2D eigenvalue weighted by Gasteiger charge is 2.41. The standard InChI is InChI=1S/C22H19ClF4N4O/c23-19-20(15-4-2-1-3-5-15)31(28-21(19)22(25,26)27)18(14-32)30-12-10-29(11-13-30)17-8-6-16(24)7-9-17/h1-9,14,18H,10-13H2. The zero-order valence-corrected chi connectivity index (χ0v) is 17.5. The van der Waals surface area contributed by atoms with E-state index in [1.54, 1.807) is 47.4 Å². The molecular formula is C22H19ClF4N4O. The first-order valence-electron chi connectivity index (χ1n) is 9.90. The lowest BCUT2D eigenvalue weighted by Gasteiger charge is -2.38. The maximum absolute atomic E-state index is 13.5. The largest absolute Gasteiger partial charge is 0.436 e. The number of carbonyl (C=O) groups excluding carboxylic acids is 1. The molecule has 1 aromatic heterocycles. The smallest absolute Gasteiger partial charge is 0.369 e. The number of aromatic nitrogens is 2. The third-order valence-electron chi connectivity index (χ3n) is 5.42. The van der Waals surface area contributed by atoms with E-state index in [1.807, 2.05) is 4.90 Å². The lowest BCUT2D eigenvalue weighted by molar-refractivity contribution is -0.142. The number of hydrogen-bond acceptors (Lipinski definition) is 4. The number of anilines is 1. The van der Waals surface area contributed by atoms with Crippen molar-refractivity contribution in [2.75, 3.05) is 31.1 Å². The molecule has 2 aromatic carbocycles. The van der Waals surface area contributed by atoms with Gasteiger partial charge in [0.1, 0.15) is 5.82 Å². The lowest BCUT2D eigenvalue weighted by Crippen LogP contribution is -2.49. The predicted molar refractivity (Wildman–Crippen MR) is 113 cm³/mol. The fourth-order valence-electron chi connectivity index (χ4n) is 3.84. The number of alkyl halides is 3. The summed E-state index contributed by atoms with van der Waals surface area (Å²) in [6.07, 6.45) is -5.25. The highest BCUT2D eigenvalue weighted by Crippen LogP contribution is 2.41. The van der Waals surface area contributed by atoms with Crippen LogP contribution in [0, 0.1) is 5.82 Å². The van der Waals surface area contributed by atoms with Crippen LogP contribution in [0.25, 0.3) is 11.3 Å². The van der Waals surface area contributed by atoms with Crippen LogP contribution in [0.15, 0.2) is 54.6 Å². The monoisotopic (exact) mass is 466 g/mol. The molecule has 3 aromatic rings. The first kappa shape index (κ1) is 22.3. The molecule has 0 N–H and O–H groups in total. The summed E-state index contributed by atoms with van der Waals surface area (Å²) in [4.78, 5) is 15.8. The molecule has 0 radical (unpaired) electrons. The second-order valence-corrected chi connectivity index (χ2v) is 7.75. The van der Waals surface area contributed by atoms with Gasteiger partial charge in [-0.15, -0.1) is 0 Å². The minimum absolute atomic E-state index is 0.0395. The minimum Gasteiger partial charge on any atom is -0.369 e. The molecule has 5 nitrogen and oxygen atoms in total. The summed E-state index contributed by atoms with van der Waals surface area (Å²) < 4.78 is 54.9. The third kappa shape index (κ3) is 4.35. The minimum atomic E-state index is -4.76. The Balaban J connectivity index is 1.64. The summed E-state index contributed by atoms with van der Waals surface area (Å²) in [5.41, 5.74) is 0.0740. The summed E-state index contributed by atoms with van der Waals surface area (Å²) in [5.74, 6) is -0.335. The number of carbonyl (C=O) groups is 1. The molecule has 0 saturated carbocycles. The molecule has 0 amide bonds. The van der Waals surface area contributed by atoms with Crippen molar-refractivity contribution in [1.82, 2.24) is 14.7 Å². The van der Waals surface area contributed by atoms with Crippen LogP contribution < -0.4 is 4.90 Å². The van der Waals surface area contributed by atoms with Crippen LogP contribution >= 0.6 is 11.6 Å². The van der Waals surface area contributed by atoms with Crippen molar-refractivity contribution in [2.24, 2.45) is 0 Å². The molecule has 1 aliphatic rings. The van der Waals surface area contributed by atoms with Gasteiger partial charge >= 0.3 is 6.18 Å². The zero-order chi connectivity index (χ0) is 22.9. The molecule has 10 heteroatoms. The second kappa shape index (κ2) is 8.91. The van der Waals surface area contributed by atoms with Crippen molar-refractivity contribution in [3.63, 3.8) is 0 Å². The van der Waals surface area contributed by atoms with Gasteiger partial charge in [-0.1, -0.05) is 41.9 Å². The van der Waals surface area contributed by atoms with Crippen molar-refractivity contribution in [3.8, 4) is 11.3 Å². The summed E-state index contributed by atoms with van der Waals surface area (Å²) in [5, 5.41) is 3.18. The van der Waals surface area contributed by atoms with Crippen molar-refractivity contribution in [1.29, 1.82) is 0 Å². The molecule has 1 fully saturated rings. The first-order valence-corrected chi connectivity index (χ1v) is 10.3. The van der Waals surface area contributed by atoms with Gasteiger partial charge in [-0.2, -0.15) is 18.3 Å². The fourth-order valence-corrected chi connectivity index (χ4v) is 4.18. The Hall–Kier alpha value is -2.91. The number of rotatable bonds is 5. The molecule has 0 aliphatic carbocycles. The lowest BCUT2D eigenvalue weighted by atomic mass is 10.1. The van der Waals surface area contributed by atoms with Crippen LogP contribution in [0.5, 0.6) is 0 Å². The molecule has 2 heterocycles. The van der Waals surface area contributed by atoms with Gasteiger partial charge in [0, 0.05) is 37.4 Å². The SMILES string of the molecule is O=CC(N1CCN(c2ccc(F)cc2)CC1)n1nc(C(F)(F)F)c(Cl)c1-c1ccccc1. The van der Waals surface area contributed by atoms with Gasteiger partial charge in [0.25, 0.3) is 0 Å². The van der Waals surface area contributed by atoms with Gasteiger partial charge in [-0.25, -0.2) is 9.07 Å². The fraction of sp³-hybridized carbons (Fsp3) is 0.273. The maximum atomic E-state index is 13.5. The molecule has 1 aliphatic heterocycles. The third-order valence-corrected chi connectivity index (χ3v) is 5.78. The van der Waals surface area contributed by atoms with Gasteiger partial charge in [0.2, 0.25) is 0 Å². The van der Waals surface area contributed by atoms with Crippen LogP contribution in [0.1, 0.15) is 11.9 Å². The first-order chi connectivity index (χ1) is 15.3. The Labute approximate surface area is 186 Å². The quantitative estimate of drug-likeness (QED) is 0.397. The Morgan fingerprint density at radius 2 is 1.59 bits per heavy atom. The van der Waals surface area contributed by atoms with Crippen molar-refractivity contribution in [2.45, 2.75) is 12.3 Å². The van der Waals surface area contributed by atoms with E-state index in [-0.39, 0.29) is 11.5 Å². The highest BCUT2D eigenvalue weighted by molar-refractivity contribution is 6.33. The van der Waals surface area contributed by atoms with Crippen molar-refractivity contribution >= 4 is 23.6 Å². The molecule has 32 heavy (non-hydrogen) atoms. The van der Waals surface area contributed by atoms with E-state index in [0.29, 0.717) is 38.0 Å². The van der Waals surface area contributed by atoms with E-state index in [1.165, 1.54) is 12.1 Å². The van der Waals surface area contributed by atoms with Crippen molar-refractivity contribution in [3.05, 3.63) is 71.1 Å².